The minimum atomic E-state index is 1.07. The standard InChI is InChI=1S/C39H79IS/c40-38-36-34-32-30-28-26-24-22-20-18-16-14-12-10-8-6-4-2-1-3-5-7-9-11-13-15-17-19-21-23-25-27-29-31-33-35-37-39-41/h41H,1-39H2. The number of halogens is 1. The maximum absolute atomic E-state index is 4.29. The van der Waals surface area contributed by atoms with E-state index in [0.717, 1.165) is 5.75 Å². The monoisotopic (exact) mass is 706 g/mol. The van der Waals surface area contributed by atoms with Crippen molar-refractivity contribution in [2.75, 3.05) is 10.2 Å². The molecule has 0 aliphatic rings. The molecular weight excluding hydrogens is 627 g/mol. The molecule has 0 aliphatic carbocycles. The number of unbranched alkanes of at least 4 members (excludes halogenated alkanes) is 36. The van der Waals surface area contributed by atoms with Gasteiger partial charge in [-0.25, -0.2) is 0 Å². The van der Waals surface area contributed by atoms with Gasteiger partial charge in [0.15, 0.2) is 0 Å². The Labute approximate surface area is 281 Å². The molecule has 0 aromatic carbocycles. The minimum absolute atomic E-state index is 1.07. The quantitative estimate of drug-likeness (QED) is 0.0281. The van der Waals surface area contributed by atoms with E-state index in [-0.39, 0.29) is 0 Å². The molecular formula is C39H79IS. The van der Waals surface area contributed by atoms with Gasteiger partial charge in [-0.2, -0.15) is 12.6 Å². The van der Waals surface area contributed by atoms with Crippen molar-refractivity contribution < 1.29 is 0 Å². The highest BCUT2D eigenvalue weighted by atomic mass is 127. The van der Waals surface area contributed by atoms with Crippen LogP contribution in [0.2, 0.25) is 0 Å². The Morgan fingerprint density at radius 3 is 0.439 bits per heavy atom. The fourth-order valence-electron chi connectivity index (χ4n) is 6.39. The smallest absolute Gasteiger partial charge is 0.000473 e. The van der Waals surface area contributed by atoms with Gasteiger partial charge in [0.2, 0.25) is 0 Å². The summed E-state index contributed by atoms with van der Waals surface area (Å²) in [5.41, 5.74) is 0. The first kappa shape index (κ1) is 42.1. The summed E-state index contributed by atoms with van der Waals surface area (Å²) < 4.78 is 1.34. The van der Waals surface area contributed by atoms with Crippen molar-refractivity contribution in [2.24, 2.45) is 0 Å². The van der Waals surface area contributed by atoms with E-state index in [4.69, 9.17) is 0 Å². The average Bonchev–Trinajstić information content (AvgIpc) is 2.98. The molecule has 0 aromatic rings. The normalized spacial score (nSPS) is 11.6. The van der Waals surface area contributed by atoms with Crippen molar-refractivity contribution in [1.29, 1.82) is 0 Å². The third-order valence-electron chi connectivity index (χ3n) is 9.29. The van der Waals surface area contributed by atoms with E-state index in [1.54, 1.807) is 0 Å². The topological polar surface area (TPSA) is 0 Å². The molecule has 0 unspecified atom stereocenters. The third-order valence-corrected chi connectivity index (χ3v) is 10.4. The first-order chi connectivity index (χ1) is 20.4. The van der Waals surface area contributed by atoms with Crippen LogP contribution in [0.4, 0.5) is 0 Å². The average molecular weight is 707 g/mol. The van der Waals surface area contributed by atoms with Gasteiger partial charge >= 0.3 is 0 Å². The predicted octanol–water partition coefficient (Wildman–Crippen LogP) is 15.8. The number of hydrogen-bond acceptors (Lipinski definition) is 1. The Morgan fingerprint density at radius 1 is 0.195 bits per heavy atom. The van der Waals surface area contributed by atoms with Crippen LogP contribution in [0, 0.1) is 0 Å². The molecule has 0 rings (SSSR count). The van der Waals surface area contributed by atoms with E-state index in [0.29, 0.717) is 0 Å². The molecule has 0 radical (unpaired) electrons. The number of rotatable bonds is 38. The summed E-state index contributed by atoms with van der Waals surface area (Å²) in [5.74, 6) is 1.07. The van der Waals surface area contributed by atoms with Crippen LogP contribution in [0.3, 0.4) is 0 Å². The lowest BCUT2D eigenvalue weighted by Crippen LogP contribution is -1.85. The van der Waals surface area contributed by atoms with Crippen molar-refractivity contribution in [3.05, 3.63) is 0 Å². The summed E-state index contributed by atoms with van der Waals surface area (Å²) in [6.07, 6.45) is 54.6. The van der Waals surface area contributed by atoms with Crippen molar-refractivity contribution in [3.63, 3.8) is 0 Å². The minimum Gasteiger partial charge on any atom is -0.179 e. The molecule has 0 N–H and O–H groups in total. The van der Waals surface area contributed by atoms with Gasteiger partial charge in [-0.05, 0) is 23.0 Å². The summed E-state index contributed by atoms with van der Waals surface area (Å²) in [5, 5.41) is 0. The summed E-state index contributed by atoms with van der Waals surface area (Å²) >= 11 is 6.79. The molecule has 0 nitrogen and oxygen atoms in total. The maximum atomic E-state index is 4.29. The van der Waals surface area contributed by atoms with Crippen molar-refractivity contribution in [1.82, 2.24) is 0 Å². The van der Waals surface area contributed by atoms with Gasteiger partial charge in [-0.1, -0.05) is 247 Å². The summed E-state index contributed by atoms with van der Waals surface area (Å²) in [7, 11) is 0. The highest BCUT2D eigenvalue weighted by Gasteiger charge is 1.97. The fraction of sp³-hybridized carbons (Fsp3) is 1.00. The molecule has 41 heavy (non-hydrogen) atoms. The van der Waals surface area contributed by atoms with Crippen LogP contribution in [0.25, 0.3) is 0 Å². The zero-order valence-electron chi connectivity index (χ0n) is 28.4. The molecule has 0 atom stereocenters. The number of alkyl halides is 1. The Bertz CT molecular complexity index is 388. The van der Waals surface area contributed by atoms with Crippen molar-refractivity contribution in [3.8, 4) is 0 Å². The molecule has 0 aliphatic heterocycles. The van der Waals surface area contributed by atoms with Crippen LogP contribution >= 0.6 is 35.2 Å². The summed E-state index contributed by atoms with van der Waals surface area (Å²) in [6.45, 7) is 0. The Morgan fingerprint density at radius 2 is 0.317 bits per heavy atom. The predicted molar refractivity (Wildman–Crippen MR) is 204 cm³/mol. The van der Waals surface area contributed by atoms with Gasteiger partial charge in [0, 0.05) is 0 Å². The zero-order valence-corrected chi connectivity index (χ0v) is 31.5. The second kappa shape index (κ2) is 41.1. The van der Waals surface area contributed by atoms with Crippen LogP contribution in [0.1, 0.15) is 238 Å². The van der Waals surface area contributed by atoms with Gasteiger partial charge in [0.05, 0.1) is 0 Å². The van der Waals surface area contributed by atoms with Crippen LogP contribution in [0.15, 0.2) is 0 Å². The Kier molecular flexibility index (Phi) is 42.2. The van der Waals surface area contributed by atoms with E-state index in [1.807, 2.05) is 0 Å². The highest BCUT2D eigenvalue weighted by molar-refractivity contribution is 14.1. The molecule has 0 saturated heterocycles. The maximum Gasteiger partial charge on any atom is -0.000473 e. The van der Waals surface area contributed by atoms with Gasteiger partial charge in [-0.15, -0.1) is 0 Å². The largest absolute Gasteiger partial charge is 0.179 e. The van der Waals surface area contributed by atoms with Crippen LogP contribution in [0.5, 0.6) is 0 Å². The van der Waals surface area contributed by atoms with Gasteiger partial charge < -0.3 is 0 Å². The molecule has 2 heteroatoms. The van der Waals surface area contributed by atoms with E-state index in [2.05, 4.69) is 35.2 Å². The second-order valence-corrected chi connectivity index (χ2v) is 15.0. The third kappa shape index (κ3) is 41.1. The lowest BCUT2D eigenvalue weighted by Gasteiger charge is -2.05. The summed E-state index contributed by atoms with van der Waals surface area (Å²) in [4.78, 5) is 0. The van der Waals surface area contributed by atoms with Gasteiger partial charge in [-0.3, -0.25) is 0 Å². The molecule has 0 bridgehead atoms. The molecule has 0 amide bonds. The van der Waals surface area contributed by atoms with Gasteiger partial charge in [0.1, 0.15) is 0 Å². The SMILES string of the molecule is SCCCCCCCCCCCCCCCCCCCCCCCCCCCCCCCCCCCCCCCI. The van der Waals surface area contributed by atoms with E-state index in [1.165, 1.54) is 242 Å². The van der Waals surface area contributed by atoms with E-state index in [9.17, 15) is 0 Å². The lowest BCUT2D eigenvalue weighted by atomic mass is 10.0. The zero-order chi connectivity index (χ0) is 29.6. The van der Waals surface area contributed by atoms with Gasteiger partial charge in [0.25, 0.3) is 0 Å². The fourth-order valence-corrected chi connectivity index (χ4v) is 7.16. The Hall–Kier alpha value is 1.08. The number of thiol groups is 1. The van der Waals surface area contributed by atoms with Crippen molar-refractivity contribution >= 4 is 35.2 Å². The molecule has 248 valence electrons. The molecule has 0 aromatic heterocycles. The Balaban J connectivity index is 3.02. The second-order valence-electron chi connectivity index (χ2n) is 13.5. The van der Waals surface area contributed by atoms with Crippen LogP contribution in [-0.4, -0.2) is 10.2 Å². The molecule has 0 saturated carbocycles. The lowest BCUT2D eigenvalue weighted by molar-refractivity contribution is 0.510. The first-order valence-corrected chi connectivity index (χ1v) is 21.7. The highest BCUT2D eigenvalue weighted by Crippen LogP contribution is 2.17. The number of hydrogen-bond donors (Lipinski definition) is 1. The summed E-state index contributed by atoms with van der Waals surface area (Å²) in [6, 6.07) is 0. The molecule has 0 heterocycles. The molecule has 0 fully saturated rings. The van der Waals surface area contributed by atoms with Crippen molar-refractivity contribution in [2.45, 2.75) is 238 Å². The van der Waals surface area contributed by atoms with Crippen LogP contribution < -0.4 is 0 Å². The van der Waals surface area contributed by atoms with Crippen LogP contribution in [-0.2, 0) is 0 Å². The van der Waals surface area contributed by atoms with E-state index < -0.39 is 0 Å². The first-order valence-electron chi connectivity index (χ1n) is 19.6. The van der Waals surface area contributed by atoms with E-state index >= 15 is 0 Å². The molecule has 0 spiro atoms.